The van der Waals surface area contributed by atoms with E-state index in [9.17, 15) is 0 Å². The number of hydrogen-bond donors (Lipinski definition) is 1. The lowest BCUT2D eigenvalue weighted by molar-refractivity contribution is 0.418. The van der Waals surface area contributed by atoms with Crippen molar-refractivity contribution in [2.24, 2.45) is 5.41 Å². The molecule has 0 atom stereocenters. The lowest BCUT2D eigenvalue weighted by Gasteiger charge is -2.24. The summed E-state index contributed by atoms with van der Waals surface area (Å²) in [6, 6.07) is 0. The highest BCUT2D eigenvalue weighted by atomic mass is 15.2. The maximum atomic E-state index is 4.80. The minimum atomic E-state index is 0.349. The quantitative estimate of drug-likeness (QED) is 0.908. The SMILES string of the molecule is CNc1nc(C(C)C)nc(N2CCC(C)(C)C2)c1C. The fraction of sp³-hybridized carbons (Fsp3) is 0.733. The Morgan fingerprint density at radius 3 is 2.42 bits per heavy atom. The van der Waals surface area contributed by atoms with Crippen LogP contribution >= 0.6 is 0 Å². The van der Waals surface area contributed by atoms with Crippen LogP contribution in [0.25, 0.3) is 0 Å². The summed E-state index contributed by atoms with van der Waals surface area (Å²) >= 11 is 0. The normalized spacial score (nSPS) is 18.2. The first-order valence-corrected chi connectivity index (χ1v) is 7.15. The van der Waals surface area contributed by atoms with E-state index in [-0.39, 0.29) is 0 Å². The first-order valence-electron chi connectivity index (χ1n) is 7.15. The number of aromatic nitrogens is 2. The third-order valence-corrected chi connectivity index (χ3v) is 3.87. The average Bonchev–Trinajstić information content (AvgIpc) is 2.69. The molecule has 4 heteroatoms. The maximum absolute atomic E-state index is 4.80. The molecular weight excluding hydrogens is 236 g/mol. The van der Waals surface area contributed by atoms with Crippen LogP contribution in [0, 0.1) is 12.3 Å². The Kier molecular flexibility index (Phi) is 3.70. The Morgan fingerprint density at radius 1 is 1.26 bits per heavy atom. The molecule has 0 saturated carbocycles. The van der Waals surface area contributed by atoms with Crippen molar-refractivity contribution in [3.8, 4) is 0 Å². The highest BCUT2D eigenvalue weighted by Gasteiger charge is 2.31. The van der Waals surface area contributed by atoms with Crippen LogP contribution in [0.3, 0.4) is 0 Å². The van der Waals surface area contributed by atoms with Gasteiger partial charge in [-0.05, 0) is 18.8 Å². The fourth-order valence-corrected chi connectivity index (χ4v) is 2.62. The topological polar surface area (TPSA) is 41.1 Å². The van der Waals surface area contributed by atoms with Gasteiger partial charge in [-0.25, -0.2) is 9.97 Å². The second-order valence-electron chi connectivity index (χ2n) is 6.62. The molecule has 0 spiro atoms. The Hall–Kier alpha value is -1.32. The predicted octanol–water partition coefficient (Wildman–Crippen LogP) is 3.19. The summed E-state index contributed by atoms with van der Waals surface area (Å²) in [4.78, 5) is 11.8. The van der Waals surface area contributed by atoms with Gasteiger partial charge in [-0.2, -0.15) is 0 Å². The summed E-state index contributed by atoms with van der Waals surface area (Å²) in [5, 5.41) is 3.20. The van der Waals surface area contributed by atoms with Crippen molar-refractivity contribution in [1.29, 1.82) is 0 Å². The molecule has 1 aliphatic heterocycles. The zero-order valence-electron chi connectivity index (χ0n) is 13.0. The van der Waals surface area contributed by atoms with Crippen molar-refractivity contribution in [2.45, 2.75) is 47.0 Å². The van der Waals surface area contributed by atoms with Gasteiger partial charge < -0.3 is 10.2 Å². The van der Waals surface area contributed by atoms with Gasteiger partial charge in [0.1, 0.15) is 17.5 Å². The predicted molar refractivity (Wildman–Crippen MR) is 81.0 cm³/mol. The lowest BCUT2D eigenvalue weighted by atomic mass is 9.93. The minimum absolute atomic E-state index is 0.349. The van der Waals surface area contributed by atoms with Crippen LogP contribution in [-0.2, 0) is 0 Å². The second kappa shape index (κ2) is 4.99. The van der Waals surface area contributed by atoms with Crippen LogP contribution in [0.4, 0.5) is 11.6 Å². The molecule has 19 heavy (non-hydrogen) atoms. The van der Waals surface area contributed by atoms with Gasteiger partial charge in [0.15, 0.2) is 0 Å². The molecule has 0 aromatic carbocycles. The molecule has 0 radical (unpaired) electrons. The van der Waals surface area contributed by atoms with Crippen LogP contribution in [-0.4, -0.2) is 30.1 Å². The van der Waals surface area contributed by atoms with Crippen molar-refractivity contribution >= 4 is 11.6 Å². The monoisotopic (exact) mass is 262 g/mol. The molecule has 106 valence electrons. The Balaban J connectivity index is 2.41. The smallest absolute Gasteiger partial charge is 0.137 e. The van der Waals surface area contributed by atoms with Gasteiger partial charge in [-0.3, -0.25) is 0 Å². The molecular formula is C15H26N4. The minimum Gasteiger partial charge on any atom is -0.373 e. The number of hydrogen-bond acceptors (Lipinski definition) is 4. The van der Waals surface area contributed by atoms with Crippen LogP contribution in [0.2, 0.25) is 0 Å². The molecule has 0 aliphatic carbocycles. The molecule has 1 aromatic rings. The second-order valence-corrected chi connectivity index (χ2v) is 6.62. The van der Waals surface area contributed by atoms with E-state index < -0.39 is 0 Å². The summed E-state index contributed by atoms with van der Waals surface area (Å²) < 4.78 is 0. The van der Waals surface area contributed by atoms with E-state index in [1.165, 1.54) is 6.42 Å². The van der Waals surface area contributed by atoms with Crippen LogP contribution < -0.4 is 10.2 Å². The number of rotatable bonds is 3. The van der Waals surface area contributed by atoms with Crippen molar-refractivity contribution in [3.05, 3.63) is 11.4 Å². The number of nitrogens with zero attached hydrogens (tertiary/aromatic N) is 3. The van der Waals surface area contributed by atoms with Gasteiger partial charge >= 0.3 is 0 Å². The van der Waals surface area contributed by atoms with E-state index in [0.29, 0.717) is 11.3 Å². The molecule has 2 rings (SSSR count). The average molecular weight is 262 g/mol. The van der Waals surface area contributed by atoms with Crippen LogP contribution in [0.5, 0.6) is 0 Å². The largest absolute Gasteiger partial charge is 0.373 e. The molecule has 0 amide bonds. The first kappa shape index (κ1) is 14.1. The summed E-state index contributed by atoms with van der Waals surface area (Å²) in [5.74, 6) is 3.34. The molecule has 0 unspecified atom stereocenters. The summed E-state index contributed by atoms with van der Waals surface area (Å²) in [7, 11) is 1.93. The van der Waals surface area contributed by atoms with E-state index in [1.807, 2.05) is 7.05 Å². The van der Waals surface area contributed by atoms with Crippen molar-refractivity contribution in [3.63, 3.8) is 0 Å². The van der Waals surface area contributed by atoms with Crippen molar-refractivity contribution < 1.29 is 0 Å². The zero-order valence-corrected chi connectivity index (χ0v) is 13.0. The van der Waals surface area contributed by atoms with Crippen LogP contribution in [0.15, 0.2) is 0 Å². The van der Waals surface area contributed by atoms with Gasteiger partial charge in [0.05, 0.1) is 0 Å². The molecule has 0 bridgehead atoms. The van der Waals surface area contributed by atoms with E-state index in [2.05, 4.69) is 49.8 Å². The Bertz CT molecular complexity index is 465. The van der Waals surface area contributed by atoms with E-state index in [0.717, 1.165) is 36.1 Å². The van der Waals surface area contributed by atoms with E-state index in [4.69, 9.17) is 4.98 Å². The highest BCUT2D eigenvalue weighted by Crippen LogP contribution is 2.34. The van der Waals surface area contributed by atoms with Gasteiger partial charge in [0.2, 0.25) is 0 Å². The maximum Gasteiger partial charge on any atom is 0.137 e. The number of anilines is 2. The summed E-state index contributed by atoms with van der Waals surface area (Å²) in [6.45, 7) is 13.2. The molecule has 1 fully saturated rings. The Labute approximate surface area is 116 Å². The summed E-state index contributed by atoms with van der Waals surface area (Å²) in [6.07, 6.45) is 1.22. The van der Waals surface area contributed by atoms with E-state index >= 15 is 0 Å². The molecule has 4 nitrogen and oxygen atoms in total. The van der Waals surface area contributed by atoms with Crippen LogP contribution in [0.1, 0.15) is 51.4 Å². The zero-order chi connectivity index (χ0) is 14.2. The third-order valence-electron chi connectivity index (χ3n) is 3.87. The molecule has 1 aromatic heterocycles. The molecule has 2 heterocycles. The number of nitrogens with one attached hydrogen (secondary N) is 1. The van der Waals surface area contributed by atoms with Gasteiger partial charge in [-0.1, -0.05) is 27.7 Å². The van der Waals surface area contributed by atoms with Gasteiger partial charge in [0.25, 0.3) is 0 Å². The fourth-order valence-electron chi connectivity index (χ4n) is 2.62. The highest BCUT2D eigenvalue weighted by molar-refractivity contribution is 5.59. The standard InChI is InChI=1S/C15H26N4/c1-10(2)12-17-13(16-6)11(3)14(18-12)19-8-7-15(4,5)9-19/h10H,7-9H2,1-6H3,(H,16,17,18). The van der Waals surface area contributed by atoms with Crippen molar-refractivity contribution in [2.75, 3.05) is 30.4 Å². The van der Waals surface area contributed by atoms with Gasteiger partial charge in [0, 0.05) is 31.6 Å². The molecule has 1 saturated heterocycles. The first-order chi connectivity index (χ1) is 8.84. The van der Waals surface area contributed by atoms with Crippen molar-refractivity contribution in [1.82, 2.24) is 9.97 Å². The summed E-state index contributed by atoms with van der Waals surface area (Å²) in [5.41, 5.74) is 1.54. The lowest BCUT2D eigenvalue weighted by Crippen LogP contribution is -2.25. The molecule has 1 aliphatic rings. The van der Waals surface area contributed by atoms with E-state index in [1.54, 1.807) is 0 Å². The van der Waals surface area contributed by atoms with Gasteiger partial charge in [-0.15, -0.1) is 0 Å². The Morgan fingerprint density at radius 2 is 1.95 bits per heavy atom. The third kappa shape index (κ3) is 2.82. The molecule has 1 N–H and O–H groups in total.